The first-order valence-corrected chi connectivity index (χ1v) is 5.68. The highest BCUT2D eigenvalue weighted by Gasteiger charge is 2.34. The van der Waals surface area contributed by atoms with Crippen molar-refractivity contribution in [2.45, 2.75) is 25.8 Å². The second kappa shape index (κ2) is 5.68. The number of primary amides is 1. The van der Waals surface area contributed by atoms with Gasteiger partial charge in [-0.05, 0) is 31.0 Å². The summed E-state index contributed by atoms with van der Waals surface area (Å²) >= 11 is 0. The lowest BCUT2D eigenvalue weighted by atomic mass is 9.95. The molecular weight excluding hydrogens is 216 g/mol. The summed E-state index contributed by atoms with van der Waals surface area (Å²) in [6.07, 6.45) is 0.574. The van der Waals surface area contributed by atoms with Crippen molar-refractivity contribution in [3.05, 3.63) is 29.8 Å². The van der Waals surface area contributed by atoms with Crippen LogP contribution in [0.5, 0.6) is 0 Å². The van der Waals surface area contributed by atoms with Crippen molar-refractivity contribution in [1.29, 1.82) is 0 Å². The Balaban J connectivity index is 2.96. The van der Waals surface area contributed by atoms with E-state index in [0.717, 1.165) is 11.3 Å². The first-order chi connectivity index (χ1) is 8.04. The number of nitrogens with one attached hydrogen (secondary N) is 1. The van der Waals surface area contributed by atoms with Crippen LogP contribution >= 0.6 is 0 Å². The smallest absolute Gasteiger partial charge is 0.245 e. The lowest BCUT2D eigenvalue weighted by Gasteiger charge is -2.31. The van der Waals surface area contributed by atoms with Crippen LogP contribution in [0.3, 0.4) is 0 Å². The van der Waals surface area contributed by atoms with E-state index in [4.69, 9.17) is 10.5 Å². The molecule has 0 saturated carbocycles. The maximum Gasteiger partial charge on any atom is 0.245 e. The molecular formula is C13H20N2O2. The van der Waals surface area contributed by atoms with Crippen LogP contribution in [0.15, 0.2) is 24.3 Å². The molecule has 0 aliphatic heterocycles. The molecule has 4 nitrogen and oxygen atoms in total. The number of anilines is 1. The van der Waals surface area contributed by atoms with Gasteiger partial charge in [0, 0.05) is 12.8 Å². The van der Waals surface area contributed by atoms with Crippen LogP contribution in [-0.2, 0) is 9.53 Å². The number of methoxy groups -OCH3 is 1. The Bertz CT molecular complexity index is 393. The quantitative estimate of drug-likeness (QED) is 0.790. The van der Waals surface area contributed by atoms with E-state index in [0.29, 0.717) is 6.42 Å². The number of rotatable bonds is 6. The summed E-state index contributed by atoms with van der Waals surface area (Å²) in [6, 6.07) is 7.82. The molecule has 3 N–H and O–H groups in total. The SMILES string of the molecule is CCC(COC)(Nc1cccc(C)c1)C(N)=O. The number of carbonyl (C=O) groups excluding carboxylic acids is 1. The fraction of sp³-hybridized carbons (Fsp3) is 0.462. The summed E-state index contributed by atoms with van der Waals surface area (Å²) in [7, 11) is 1.56. The van der Waals surface area contributed by atoms with Gasteiger partial charge >= 0.3 is 0 Å². The maximum absolute atomic E-state index is 11.6. The van der Waals surface area contributed by atoms with E-state index in [-0.39, 0.29) is 6.61 Å². The molecule has 1 unspecified atom stereocenters. The highest BCUT2D eigenvalue weighted by molar-refractivity contribution is 5.88. The zero-order chi connectivity index (χ0) is 12.9. The number of carbonyl (C=O) groups is 1. The molecule has 0 aliphatic rings. The van der Waals surface area contributed by atoms with E-state index in [9.17, 15) is 4.79 Å². The molecule has 0 saturated heterocycles. The van der Waals surface area contributed by atoms with Crippen molar-refractivity contribution in [2.75, 3.05) is 19.0 Å². The fourth-order valence-electron chi connectivity index (χ4n) is 1.78. The van der Waals surface area contributed by atoms with Crippen LogP contribution < -0.4 is 11.1 Å². The Kier molecular flexibility index (Phi) is 4.52. The zero-order valence-corrected chi connectivity index (χ0v) is 10.6. The van der Waals surface area contributed by atoms with Gasteiger partial charge in [-0.1, -0.05) is 19.1 Å². The number of hydrogen-bond acceptors (Lipinski definition) is 3. The van der Waals surface area contributed by atoms with Crippen molar-refractivity contribution in [2.24, 2.45) is 5.73 Å². The molecule has 1 aromatic rings. The van der Waals surface area contributed by atoms with E-state index in [1.165, 1.54) is 0 Å². The van der Waals surface area contributed by atoms with Crippen LogP contribution in [0.25, 0.3) is 0 Å². The molecule has 1 amide bonds. The molecule has 0 fully saturated rings. The summed E-state index contributed by atoms with van der Waals surface area (Å²) in [5.74, 6) is -0.400. The van der Waals surface area contributed by atoms with E-state index >= 15 is 0 Å². The molecule has 0 aliphatic carbocycles. The number of hydrogen-bond donors (Lipinski definition) is 2. The molecule has 4 heteroatoms. The monoisotopic (exact) mass is 236 g/mol. The Hall–Kier alpha value is -1.55. The lowest BCUT2D eigenvalue weighted by molar-refractivity contribution is -0.124. The number of nitrogens with two attached hydrogens (primary N) is 1. The molecule has 0 aromatic heterocycles. The van der Waals surface area contributed by atoms with Crippen molar-refractivity contribution < 1.29 is 9.53 Å². The molecule has 0 spiro atoms. The van der Waals surface area contributed by atoms with Gasteiger partial charge in [0.15, 0.2) is 0 Å². The summed E-state index contributed by atoms with van der Waals surface area (Å²) in [6.45, 7) is 4.17. The molecule has 17 heavy (non-hydrogen) atoms. The number of amides is 1. The first kappa shape index (κ1) is 13.5. The van der Waals surface area contributed by atoms with E-state index < -0.39 is 11.4 Å². The van der Waals surface area contributed by atoms with Crippen LogP contribution in [-0.4, -0.2) is 25.2 Å². The minimum Gasteiger partial charge on any atom is -0.382 e. The summed E-state index contributed by atoms with van der Waals surface area (Å²) in [4.78, 5) is 11.6. The van der Waals surface area contributed by atoms with Gasteiger partial charge in [-0.25, -0.2) is 0 Å². The topological polar surface area (TPSA) is 64.3 Å². The Morgan fingerprint density at radius 3 is 2.71 bits per heavy atom. The predicted molar refractivity (Wildman–Crippen MR) is 68.9 cm³/mol. The Morgan fingerprint density at radius 1 is 1.53 bits per heavy atom. The third-order valence-corrected chi connectivity index (χ3v) is 2.87. The Labute approximate surface area is 102 Å². The van der Waals surface area contributed by atoms with E-state index in [2.05, 4.69) is 5.32 Å². The third kappa shape index (κ3) is 3.20. The molecule has 1 rings (SSSR count). The maximum atomic E-state index is 11.6. The van der Waals surface area contributed by atoms with Gasteiger partial charge < -0.3 is 15.8 Å². The minimum absolute atomic E-state index is 0.257. The van der Waals surface area contributed by atoms with Gasteiger partial charge in [-0.15, -0.1) is 0 Å². The van der Waals surface area contributed by atoms with Crippen LogP contribution in [0, 0.1) is 6.92 Å². The normalized spacial score (nSPS) is 14.1. The van der Waals surface area contributed by atoms with Gasteiger partial charge in [0.1, 0.15) is 5.54 Å². The summed E-state index contributed by atoms with van der Waals surface area (Å²) < 4.78 is 5.10. The summed E-state index contributed by atoms with van der Waals surface area (Å²) in [5, 5.41) is 3.18. The fourth-order valence-corrected chi connectivity index (χ4v) is 1.78. The molecule has 1 aromatic carbocycles. The lowest BCUT2D eigenvalue weighted by Crippen LogP contribution is -2.53. The average Bonchev–Trinajstić information content (AvgIpc) is 2.28. The predicted octanol–water partition coefficient (Wildman–Crippen LogP) is 1.69. The van der Waals surface area contributed by atoms with Crippen molar-refractivity contribution >= 4 is 11.6 Å². The molecule has 0 bridgehead atoms. The highest BCUT2D eigenvalue weighted by atomic mass is 16.5. The highest BCUT2D eigenvalue weighted by Crippen LogP contribution is 2.20. The second-order valence-electron chi connectivity index (χ2n) is 4.23. The average molecular weight is 236 g/mol. The van der Waals surface area contributed by atoms with Crippen molar-refractivity contribution in [1.82, 2.24) is 0 Å². The van der Waals surface area contributed by atoms with Gasteiger partial charge in [-0.2, -0.15) is 0 Å². The molecule has 0 heterocycles. The van der Waals surface area contributed by atoms with E-state index in [1.807, 2.05) is 38.1 Å². The third-order valence-electron chi connectivity index (χ3n) is 2.87. The van der Waals surface area contributed by atoms with Crippen molar-refractivity contribution in [3.63, 3.8) is 0 Å². The zero-order valence-electron chi connectivity index (χ0n) is 10.6. The number of benzene rings is 1. The molecule has 94 valence electrons. The van der Waals surface area contributed by atoms with E-state index in [1.54, 1.807) is 7.11 Å². The number of ether oxygens (including phenoxy) is 1. The first-order valence-electron chi connectivity index (χ1n) is 5.68. The van der Waals surface area contributed by atoms with Crippen LogP contribution in [0.1, 0.15) is 18.9 Å². The van der Waals surface area contributed by atoms with Gasteiger partial charge in [0.2, 0.25) is 5.91 Å². The summed E-state index contributed by atoms with van der Waals surface area (Å²) in [5.41, 5.74) is 6.63. The largest absolute Gasteiger partial charge is 0.382 e. The number of aryl methyl sites for hydroxylation is 1. The van der Waals surface area contributed by atoms with Gasteiger partial charge in [0.25, 0.3) is 0 Å². The van der Waals surface area contributed by atoms with Crippen LogP contribution in [0.4, 0.5) is 5.69 Å². The molecule has 1 atom stereocenters. The minimum atomic E-state index is -0.845. The van der Waals surface area contributed by atoms with Gasteiger partial charge in [0.05, 0.1) is 6.61 Å². The second-order valence-corrected chi connectivity index (χ2v) is 4.23. The Morgan fingerprint density at radius 2 is 2.24 bits per heavy atom. The molecule has 0 radical (unpaired) electrons. The van der Waals surface area contributed by atoms with Crippen molar-refractivity contribution in [3.8, 4) is 0 Å². The van der Waals surface area contributed by atoms with Crippen LogP contribution in [0.2, 0.25) is 0 Å². The van der Waals surface area contributed by atoms with Gasteiger partial charge in [-0.3, -0.25) is 4.79 Å². The standard InChI is InChI=1S/C13H20N2O2/c1-4-13(9-17-3,12(14)16)15-11-7-5-6-10(2)8-11/h5-8,15H,4,9H2,1-3H3,(H2,14,16).